The Kier molecular flexibility index (Phi) is 8.26. The van der Waals surface area contributed by atoms with E-state index in [0.29, 0.717) is 0 Å². The van der Waals surface area contributed by atoms with Gasteiger partial charge in [0.1, 0.15) is 0 Å². The topological polar surface area (TPSA) is 12.0 Å². The average Bonchev–Trinajstić information content (AvgIpc) is 2.21. The zero-order valence-corrected chi connectivity index (χ0v) is 10.7. The van der Waals surface area contributed by atoms with Crippen molar-refractivity contribution < 1.29 is 0 Å². The van der Waals surface area contributed by atoms with Crippen molar-refractivity contribution in [2.75, 3.05) is 13.1 Å². The Bertz CT molecular complexity index is 108. The van der Waals surface area contributed by atoms with Crippen molar-refractivity contribution in [3.05, 3.63) is 0 Å². The first-order valence-electron chi connectivity index (χ1n) is 6.54. The summed E-state index contributed by atoms with van der Waals surface area (Å²) in [7, 11) is 0. The summed E-state index contributed by atoms with van der Waals surface area (Å²) in [6.07, 6.45) is 8.65. The SMILES string of the molecule is C1CNCC2(C1)CCC2.CC.CCC. The van der Waals surface area contributed by atoms with E-state index in [1.54, 1.807) is 0 Å². The van der Waals surface area contributed by atoms with Gasteiger partial charge in [0.15, 0.2) is 0 Å². The van der Waals surface area contributed by atoms with Crippen LogP contribution in [0.3, 0.4) is 0 Å². The highest BCUT2D eigenvalue weighted by Crippen LogP contribution is 2.45. The number of hydrogen-bond donors (Lipinski definition) is 1. The molecule has 2 rings (SSSR count). The highest BCUT2D eigenvalue weighted by atomic mass is 14.9. The molecule has 0 bridgehead atoms. The molecule has 1 saturated carbocycles. The summed E-state index contributed by atoms with van der Waals surface area (Å²) in [5.74, 6) is 0. The minimum atomic E-state index is 0.790. The Hall–Kier alpha value is -0.0400. The first-order valence-corrected chi connectivity index (χ1v) is 6.54. The Labute approximate surface area is 90.7 Å². The van der Waals surface area contributed by atoms with E-state index in [9.17, 15) is 0 Å². The molecule has 0 unspecified atom stereocenters. The van der Waals surface area contributed by atoms with Gasteiger partial charge < -0.3 is 5.32 Å². The first kappa shape index (κ1) is 14.0. The molecule has 1 aliphatic heterocycles. The molecule has 1 heteroatoms. The van der Waals surface area contributed by atoms with Gasteiger partial charge in [-0.2, -0.15) is 0 Å². The standard InChI is InChI=1S/C8H15N.C3H8.C2H6/c1-3-8(4-1)5-2-6-9-7-8;1-3-2;1-2/h9H,1-7H2;3H2,1-2H3;1-2H3. The van der Waals surface area contributed by atoms with Gasteiger partial charge in [0.2, 0.25) is 0 Å². The average molecular weight is 199 g/mol. The maximum Gasteiger partial charge on any atom is 0.000781 e. The van der Waals surface area contributed by atoms with E-state index in [1.807, 2.05) is 13.8 Å². The molecule has 0 aromatic heterocycles. The van der Waals surface area contributed by atoms with Crippen molar-refractivity contribution in [2.24, 2.45) is 5.41 Å². The zero-order chi connectivity index (χ0) is 10.9. The maximum atomic E-state index is 3.48. The van der Waals surface area contributed by atoms with Gasteiger partial charge in [-0.05, 0) is 37.6 Å². The largest absolute Gasteiger partial charge is 0.316 e. The van der Waals surface area contributed by atoms with Gasteiger partial charge in [0.05, 0.1) is 0 Å². The Morgan fingerprint density at radius 3 is 1.71 bits per heavy atom. The van der Waals surface area contributed by atoms with Crippen molar-refractivity contribution in [2.45, 2.75) is 66.2 Å². The molecule has 1 aliphatic carbocycles. The predicted octanol–water partition coefficient (Wildman–Crippen LogP) is 3.98. The predicted molar refractivity (Wildman–Crippen MR) is 65.7 cm³/mol. The van der Waals surface area contributed by atoms with Gasteiger partial charge in [0.25, 0.3) is 0 Å². The number of nitrogens with one attached hydrogen (secondary N) is 1. The number of hydrogen-bond acceptors (Lipinski definition) is 1. The van der Waals surface area contributed by atoms with Crippen LogP contribution in [0.4, 0.5) is 0 Å². The third-order valence-corrected chi connectivity index (χ3v) is 2.97. The monoisotopic (exact) mass is 199 g/mol. The van der Waals surface area contributed by atoms with Crippen molar-refractivity contribution >= 4 is 0 Å². The molecule has 2 aliphatic rings. The lowest BCUT2D eigenvalue weighted by atomic mass is 9.65. The molecule has 1 nitrogen and oxygen atoms in total. The zero-order valence-electron chi connectivity index (χ0n) is 10.7. The minimum absolute atomic E-state index is 0.790. The maximum absolute atomic E-state index is 3.48. The van der Waals surface area contributed by atoms with Crippen molar-refractivity contribution in [3.63, 3.8) is 0 Å². The summed E-state index contributed by atoms with van der Waals surface area (Å²) >= 11 is 0. The first-order chi connectivity index (χ1) is 6.83. The normalized spacial score (nSPS) is 22.3. The highest BCUT2D eigenvalue weighted by molar-refractivity contribution is 4.91. The number of piperidine rings is 1. The Morgan fingerprint density at radius 1 is 1.00 bits per heavy atom. The van der Waals surface area contributed by atoms with E-state index in [4.69, 9.17) is 0 Å². The molecule has 0 atom stereocenters. The summed E-state index contributed by atoms with van der Waals surface area (Å²) in [5, 5.41) is 3.48. The molecular weight excluding hydrogens is 170 g/mol. The number of rotatable bonds is 0. The van der Waals surface area contributed by atoms with Crippen LogP contribution < -0.4 is 5.32 Å². The summed E-state index contributed by atoms with van der Waals surface area (Å²) < 4.78 is 0. The van der Waals surface area contributed by atoms with Crippen LogP contribution in [0.1, 0.15) is 66.2 Å². The van der Waals surface area contributed by atoms with Gasteiger partial charge >= 0.3 is 0 Å². The highest BCUT2D eigenvalue weighted by Gasteiger charge is 2.37. The molecular formula is C13H29N. The van der Waals surface area contributed by atoms with Crippen LogP contribution in [0, 0.1) is 5.41 Å². The summed E-state index contributed by atoms with van der Waals surface area (Å²) in [5.41, 5.74) is 0.790. The second-order valence-electron chi connectivity index (χ2n) is 4.34. The van der Waals surface area contributed by atoms with E-state index in [-0.39, 0.29) is 0 Å². The molecule has 0 radical (unpaired) electrons. The molecule has 1 N–H and O–H groups in total. The van der Waals surface area contributed by atoms with Crippen LogP contribution in [0.2, 0.25) is 0 Å². The fourth-order valence-corrected chi connectivity index (χ4v) is 2.13. The van der Waals surface area contributed by atoms with E-state index in [2.05, 4.69) is 19.2 Å². The van der Waals surface area contributed by atoms with Crippen LogP contribution >= 0.6 is 0 Å². The minimum Gasteiger partial charge on any atom is -0.316 e. The lowest BCUT2D eigenvalue weighted by molar-refractivity contribution is 0.0935. The van der Waals surface area contributed by atoms with Crippen LogP contribution in [-0.4, -0.2) is 13.1 Å². The van der Waals surface area contributed by atoms with Crippen molar-refractivity contribution in [1.82, 2.24) is 5.32 Å². The van der Waals surface area contributed by atoms with Crippen LogP contribution in [0.25, 0.3) is 0 Å². The molecule has 1 saturated heterocycles. The van der Waals surface area contributed by atoms with E-state index >= 15 is 0 Å². The molecule has 14 heavy (non-hydrogen) atoms. The Balaban J connectivity index is 0.000000294. The van der Waals surface area contributed by atoms with Gasteiger partial charge in [-0.1, -0.05) is 40.5 Å². The second-order valence-corrected chi connectivity index (χ2v) is 4.34. The lowest BCUT2D eigenvalue weighted by Crippen LogP contribution is -2.44. The van der Waals surface area contributed by atoms with Gasteiger partial charge in [-0.25, -0.2) is 0 Å². The van der Waals surface area contributed by atoms with Crippen molar-refractivity contribution in [3.8, 4) is 0 Å². The van der Waals surface area contributed by atoms with Crippen LogP contribution in [0.5, 0.6) is 0 Å². The summed E-state index contributed by atoms with van der Waals surface area (Å²) in [6, 6.07) is 0. The van der Waals surface area contributed by atoms with Gasteiger partial charge in [0, 0.05) is 6.54 Å². The van der Waals surface area contributed by atoms with E-state index in [0.717, 1.165) is 5.41 Å². The van der Waals surface area contributed by atoms with Crippen LogP contribution in [-0.2, 0) is 0 Å². The summed E-state index contributed by atoms with van der Waals surface area (Å²) in [6.45, 7) is 10.8. The molecule has 1 spiro atoms. The van der Waals surface area contributed by atoms with Crippen molar-refractivity contribution in [1.29, 1.82) is 0 Å². The second kappa shape index (κ2) is 8.28. The molecule has 2 fully saturated rings. The van der Waals surface area contributed by atoms with E-state index in [1.165, 1.54) is 51.6 Å². The lowest BCUT2D eigenvalue weighted by Gasteiger charge is -2.45. The van der Waals surface area contributed by atoms with Crippen LogP contribution in [0.15, 0.2) is 0 Å². The molecule has 86 valence electrons. The molecule has 0 aromatic rings. The fraction of sp³-hybridized carbons (Fsp3) is 1.00. The molecule has 0 aromatic carbocycles. The third-order valence-electron chi connectivity index (χ3n) is 2.97. The third kappa shape index (κ3) is 4.45. The summed E-state index contributed by atoms with van der Waals surface area (Å²) in [4.78, 5) is 0. The van der Waals surface area contributed by atoms with E-state index < -0.39 is 0 Å². The van der Waals surface area contributed by atoms with Gasteiger partial charge in [-0.15, -0.1) is 0 Å². The van der Waals surface area contributed by atoms with Gasteiger partial charge in [-0.3, -0.25) is 0 Å². The molecule has 1 heterocycles. The Morgan fingerprint density at radius 2 is 1.50 bits per heavy atom. The fourth-order valence-electron chi connectivity index (χ4n) is 2.13. The smallest absolute Gasteiger partial charge is 0.000781 e. The molecule has 0 amide bonds. The quantitative estimate of drug-likeness (QED) is 0.622.